The summed E-state index contributed by atoms with van der Waals surface area (Å²) in [5, 5.41) is 2.34. The van der Waals surface area contributed by atoms with Gasteiger partial charge in [-0.2, -0.15) is 0 Å². The lowest BCUT2D eigenvalue weighted by atomic mass is 10.1. The van der Waals surface area contributed by atoms with E-state index in [0.717, 1.165) is 47.4 Å². The number of piperazine rings is 1. The molecule has 1 fully saturated rings. The minimum atomic E-state index is -0.0187. The molecule has 0 unspecified atom stereocenters. The third-order valence-electron chi connectivity index (χ3n) is 5.20. The zero-order valence-electron chi connectivity index (χ0n) is 16.9. The zero-order chi connectivity index (χ0) is 21.1. The number of nitrogens with zero attached hydrogens (tertiary/aromatic N) is 4. The summed E-state index contributed by atoms with van der Waals surface area (Å²) in [5.41, 5.74) is 1.80. The number of benzene rings is 1. The second kappa shape index (κ2) is 9.07. The van der Waals surface area contributed by atoms with E-state index in [1.54, 1.807) is 26.4 Å². The molecule has 30 heavy (non-hydrogen) atoms. The van der Waals surface area contributed by atoms with E-state index in [1.165, 1.54) is 11.3 Å². The van der Waals surface area contributed by atoms with Gasteiger partial charge in [0.25, 0.3) is 0 Å². The molecule has 0 atom stereocenters. The second-order valence-corrected chi connectivity index (χ2v) is 8.19. The van der Waals surface area contributed by atoms with E-state index < -0.39 is 0 Å². The number of rotatable bonds is 6. The predicted octanol–water partition coefficient (Wildman–Crippen LogP) is 3.42. The Morgan fingerprint density at radius 2 is 2.03 bits per heavy atom. The van der Waals surface area contributed by atoms with Crippen LogP contribution < -0.4 is 9.47 Å². The van der Waals surface area contributed by atoms with Gasteiger partial charge in [0.1, 0.15) is 11.5 Å². The summed E-state index contributed by atoms with van der Waals surface area (Å²) in [7, 11) is 3.33. The van der Waals surface area contributed by atoms with E-state index in [1.807, 2.05) is 39.1 Å². The van der Waals surface area contributed by atoms with E-state index in [2.05, 4.69) is 9.88 Å². The maximum atomic E-state index is 12.6. The third-order valence-corrected chi connectivity index (χ3v) is 6.24. The van der Waals surface area contributed by atoms with Crippen LogP contribution in [0.2, 0.25) is 5.15 Å². The summed E-state index contributed by atoms with van der Waals surface area (Å²) in [4.78, 5) is 21.9. The minimum absolute atomic E-state index is 0.0187. The Balaban J connectivity index is 1.36. The smallest absolute Gasteiger partial charge is 0.246 e. The van der Waals surface area contributed by atoms with Crippen LogP contribution in [0.1, 0.15) is 11.3 Å². The van der Waals surface area contributed by atoms with Gasteiger partial charge in [-0.25, -0.2) is 4.98 Å². The Bertz CT molecular complexity index is 1070. The molecule has 0 spiro atoms. The standard InChI is InChI=1S/C21H23ClN4O3S/c1-28-16-3-5-18(29-2)15(13-16)14-24-7-9-25(10-8-24)19(27)6-4-17-20(22)23-21-26(17)11-12-30-21/h3-6,11-13H,7-10,14H2,1-2H3/b6-4+. The van der Waals surface area contributed by atoms with Crippen molar-refractivity contribution in [3.8, 4) is 11.5 Å². The van der Waals surface area contributed by atoms with Gasteiger partial charge >= 0.3 is 0 Å². The molecular weight excluding hydrogens is 424 g/mol. The molecule has 2 aromatic heterocycles. The molecule has 3 heterocycles. The third kappa shape index (κ3) is 4.30. The van der Waals surface area contributed by atoms with Crippen molar-refractivity contribution >= 4 is 39.9 Å². The van der Waals surface area contributed by atoms with Crippen LogP contribution in [0.25, 0.3) is 11.0 Å². The van der Waals surface area contributed by atoms with Crippen LogP contribution in [-0.4, -0.2) is 65.5 Å². The summed E-state index contributed by atoms with van der Waals surface area (Å²) in [6.07, 6.45) is 5.22. The maximum absolute atomic E-state index is 12.6. The fourth-order valence-electron chi connectivity index (χ4n) is 3.55. The largest absolute Gasteiger partial charge is 0.497 e. The van der Waals surface area contributed by atoms with Gasteiger partial charge in [0.2, 0.25) is 5.91 Å². The van der Waals surface area contributed by atoms with E-state index in [0.29, 0.717) is 18.2 Å². The summed E-state index contributed by atoms with van der Waals surface area (Å²) < 4.78 is 12.7. The number of amides is 1. The van der Waals surface area contributed by atoms with Crippen molar-refractivity contribution in [3.63, 3.8) is 0 Å². The van der Waals surface area contributed by atoms with Crippen LogP contribution in [0.4, 0.5) is 0 Å². The first kappa shape index (κ1) is 20.7. The highest BCUT2D eigenvalue weighted by Crippen LogP contribution is 2.26. The number of ether oxygens (including phenoxy) is 2. The molecule has 7 nitrogen and oxygen atoms in total. The second-order valence-electron chi connectivity index (χ2n) is 6.96. The number of carbonyl (C=O) groups is 1. The first-order valence-electron chi connectivity index (χ1n) is 9.60. The van der Waals surface area contributed by atoms with E-state index in [9.17, 15) is 4.79 Å². The number of fused-ring (bicyclic) bond motifs is 1. The molecule has 9 heteroatoms. The van der Waals surface area contributed by atoms with Gasteiger partial charge in [0.15, 0.2) is 10.1 Å². The molecule has 0 bridgehead atoms. The van der Waals surface area contributed by atoms with Gasteiger partial charge in [-0.15, -0.1) is 11.3 Å². The number of halogens is 1. The molecule has 1 aromatic carbocycles. The molecule has 0 aliphatic carbocycles. The SMILES string of the molecule is COc1ccc(OC)c(CN2CCN(C(=O)/C=C/c3c(Cl)nc4sccn34)CC2)c1. The number of hydrogen-bond acceptors (Lipinski definition) is 6. The lowest BCUT2D eigenvalue weighted by molar-refractivity contribution is -0.127. The molecule has 1 amide bonds. The Labute approximate surface area is 184 Å². The lowest BCUT2D eigenvalue weighted by Gasteiger charge is -2.34. The van der Waals surface area contributed by atoms with Crippen molar-refractivity contribution in [2.24, 2.45) is 0 Å². The molecule has 4 rings (SSSR count). The maximum Gasteiger partial charge on any atom is 0.246 e. The van der Waals surface area contributed by atoms with Crippen molar-refractivity contribution in [1.29, 1.82) is 0 Å². The van der Waals surface area contributed by atoms with Crippen LogP contribution in [0.3, 0.4) is 0 Å². The average Bonchev–Trinajstić information content (AvgIpc) is 3.33. The van der Waals surface area contributed by atoms with Gasteiger partial charge in [0.05, 0.1) is 19.9 Å². The molecule has 1 aliphatic heterocycles. The minimum Gasteiger partial charge on any atom is -0.497 e. The van der Waals surface area contributed by atoms with Crippen molar-refractivity contribution < 1.29 is 14.3 Å². The molecule has 158 valence electrons. The molecule has 0 radical (unpaired) electrons. The number of thiazole rings is 1. The lowest BCUT2D eigenvalue weighted by Crippen LogP contribution is -2.47. The summed E-state index contributed by atoms with van der Waals surface area (Å²) in [6.45, 7) is 3.68. The predicted molar refractivity (Wildman–Crippen MR) is 119 cm³/mol. The van der Waals surface area contributed by atoms with Crippen LogP contribution in [0.5, 0.6) is 11.5 Å². The highest BCUT2D eigenvalue weighted by Gasteiger charge is 2.21. The van der Waals surface area contributed by atoms with Crippen molar-refractivity contribution in [2.75, 3.05) is 40.4 Å². The Morgan fingerprint density at radius 1 is 1.23 bits per heavy atom. The first-order valence-corrected chi connectivity index (χ1v) is 10.9. The van der Waals surface area contributed by atoms with Crippen LogP contribution in [0.15, 0.2) is 35.9 Å². The van der Waals surface area contributed by atoms with E-state index >= 15 is 0 Å². The molecule has 3 aromatic rings. The number of carbonyl (C=O) groups excluding carboxylic acids is 1. The van der Waals surface area contributed by atoms with Crippen LogP contribution in [0, 0.1) is 0 Å². The first-order chi connectivity index (χ1) is 14.6. The normalized spacial score (nSPS) is 15.2. The van der Waals surface area contributed by atoms with Crippen LogP contribution >= 0.6 is 22.9 Å². The molecule has 0 saturated carbocycles. The topological polar surface area (TPSA) is 59.3 Å². The number of aromatic nitrogens is 2. The number of methoxy groups -OCH3 is 2. The van der Waals surface area contributed by atoms with Gasteiger partial charge in [-0.3, -0.25) is 14.1 Å². The Kier molecular flexibility index (Phi) is 6.26. The van der Waals surface area contributed by atoms with E-state index in [-0.39, 0.29) is 5.91 Å². The van der Waals surface area contributed by atoms with Gasteiger partial charge in [-0.1, -0.05) is 11.6 Å². The zero-order valence-corrected chi connectivity index (χ0v) is 18.4. The molecule has 0 N–H and O–H groups in total. The highest BCUT2D eigenvalue weighted by molar-refractivity contribution is 7.15. The van der Waals surface area contributed by atoms with Gasteiger partial charge < -0.3 is 14.4 Å². The molecule has 1 aliphatic rings. The van der Waals surface area contributed by atoms with Gasteiger partial charge in [0, 0.05) is 55.9 Å². The van der Waals surface area contributed by atoms with Crippen LogP contribution in [-0.2, 0) is 11.3 Å². The van der Waals surface area contributed by atoms with Crippen molar-refractivity contribution in [2.45, 2.75) is 6.54 Å². The fourth-order valence-corrected chi connectivity index (χ4v) is 4.56. The highest BCUT2D eigenvalue weighted by atomic mass is 35.5. The number of hydrogen-bond donors (Lipinski definition) is 0. The summed E-state index contributed by atoms with van der Waals surface area (Å²) in [6, 6.07) is 5.81. The fraction of sp³-hybridized carbons (Fsp3) is 0.333. The van der Waals surface area contributed by atoms with Gasteiger partial charge in [-0.05, 0) is 24.3 Å². The average molecular weight is 447 g/mol. The van der Waals surface area contributed by atoms with E-state index in [4.69, 9.17) is 21.1 Å². The van der Waals surface area contributed by atoms with Crippen molar-refractivity contribution in [1.82, 2.24) is 19.2 Å². The van der Waals surface area contributed by atoms with Crippen molar-refractivity contribution in [3.05, 3.63) is 52.3 Å². The Morgan fingerprint density at radius 3 is 2.77 bits per heavy atom. The summed E-state index contributed by atoms with van der Waals surface area (Å²) >= 11 is 7.70. The molecular formula is C21H23ClN4O3S. The molecule has 1 saturated heterocycles. The monoisotopic (exact) mass is 446 g/mol. The number of imidazole rings is 1. The quantitative estimate of drug-likeness (QED) is 0.543. The summed E-state index contributed by atoms with van der Waals surface area (Å²) in [5.74, 6) is 1.63. The Hall–Kier alpha value is -2.55.